The number of hydrogen-bond donors (Lipinski definition) is 1. The molecule has 3 rings (SSSR count). The molecule has 2 aliphatic rings. The van der Waals surface area contributed by atoms with Gasteiger partial charge in [0.25, 0.3) is 0 Å². The Morgan fingerprint density at radius 2 is 2.09 bits per heavy atom. The topological polar surface area (TPSA) is 49.7 Å². The average Bonchev–Trinajstić information content (AvgIpc) is 2.80. The molecule has 3 heteroatoms. The highest BCUT2D eigenvalue weighted by molar-refractivity contribution is 5.92. The summed E-state index contributed by atoms with van der Waals surface area (Å²) in [5.74, 6) is -0.808. The SMILES string of the molecule is Cc1ccc(C2=C/C3=C(CC(=O)O)C=NC3CC/C=C\2)cc1. The maximum Gasteiger partial charge on any atom is 0.307 e. The fraction of sp³-hybridized carbons (Fsp3) is 0.263. The van der Waals surface area contributed by atoms with E-state index in [9.17, 15) is 4.79 Å². The molecule has 1 atom stereocenters. The van der Waals surface area contributed by atoms with Crippen LogP contribution in [0.3, 0.4) is 0 Å². The van der Waals surface area contributed by atoms with Gasteiger partial charge in [0.15, 0.2) is 0 Å². The highest BCUT2D eigenvalue weighted by Gasteiger charge is 2.22. The van der Waals surface area contributed by atoms with E-state index >= 15 is 0 Å². The van der Waals surface area contributed by atoms with Gasteiger partial charge in [-0.25, -0.2) is 0 Å². The molecule has 0 radical (unpaired) electrons. The summed E-state index contributed by atoms with van der Waals surface area (Å²) < 4.78 is 0. The van der Waals surface area contributed by atoms with Crippen LogP contribution in [0.25, 0.3) is 5.57 Å². The van der Waals surface area contributed by atoms with Crippen molar-refractivity contribution in [2.24, 2.45) is 4.99 Å². The van der Waals surface area contributed by atoms with Crippen molar-refractivity contribution < 1.29 is 9.90 Å². The van der Waals surface area contributed by atoms with E-state index in [1.54, 1.807) is 6.21 Å². The second kappa shape index (κ2) is 6.14. The van der Waals surface area contributed by atoms with Crippen molar-refractivity contribution in [2.45, 2.75) is 32.2 Å². The lowest BCUT2D eigenvalue weighted by Gasteiger charge is -2.15. The Bertz CT molecular complexity index is 705. The molecule has 22 heavy (non-hydrogen) atoms. The molecule has 3 nitrogen and oxygen atoms in total. The van der Waals surface area contributed by atoms with Crippen LogP contribution in [0.5, 0.6) is 0 Å². The van der Waals surface area contributed by atoms with Gasteiger partial charge in [-0.3, -0.25) is 9.79 Å². The van der Waals surface area contributed by atoms with Crippen LogP contribution < -0.4 is 0 Å². The number of rotatable bonds is 3. The third-order valence-electron chi connectivity index (χ3n) is 4.08. The number of allylic oxidation sites excluding steroid dienone is 3. The first-order valence-electron chi connectivity index (χ1n) is 7.57. The number of aryl methyl sites for hydroxylation is 1. The normalized spacial score (nSPS) is 24.2. The second-order valence-corrected chi connectivity index (χ2v) is 5.79. The van der Waals surface area contributed by atoms with Crippen LogP contribution in [-0.2, 0) is 4.79 Å². The molecule has 0 amide bonds. The van der Waals surface area contributed by atoms with Crippen LogP contribution in [0.15, 0.2) is 58.6 Å². The van der Waals surface area contributed by atoms with Gasteiger partial charge < -0.3 is 5.11 Å². The van der Waals surface area contributed by atoms with Gasteiger partial charge in [0.2, 0.25) is 0 Å². The lowest BCUT2D eigenvalue weighted by molar-refractivity contribution is -0.136. The summed E-state index contributed by atoms with van der Waals surface area (Å²) >= 11 is 0. The summed E-state index contributed by atoms with van der Waals surface area (Å²) in [4.78, 5) is 15.5. The van der Waals surface area contributed by atoms with Crippen LogP contribution >= 0.6 is 0 Å². The molecular formula is C19H19NO2. The standard InChI is InChI=1S/C19H19NO2/c1-13-6-8-14(9-7-13)15-4-2-3-5-18-17(10-15)16(12-20-18)11-19(21)22/h2,4,6-10,12,18H,3,5,11H2,1H3,(H,21,22)/b4-2-,15-10+. The molecule has 1 aromatic rings. The van der Waals surface area contributed by atoms with Gasteiger partial charge in [0, 0.05) is 6.21 Å². The van der Waals surface area contributed by atoms with Crippen LogP contribution in [0.1, 0.15) is 30.4 Å². The van der Waals surface area contributed by atoms with E-state index in [1.165, 1.54) is 5.56 Å². The van der Waals surface area contributed by atoms with Crippen molar-refractivity contribution in [1.29, 1.82) is 0 Å². The zero-order chi connectivity index (χ0) is 15.5. The molecule has 1 heterocycles. The van der Waals surface area contributed by atoms with Crippen LogP contribution in [-0.4, -0.2) is 23.3 Å². The lowest BCUT2D eigenvalue weighted by atomic mass is 9.91. The monoisotopic (exact) mass is 293 g/mol. The average molecular weight is 293 g/mol. The van der Waals surface area contributed by atoms with E-state index in [0.29, 0.717) is 0 Å². The maximum atomic E-state index is 11.0. The molecule has 1 aliphatic carbocycles. The van der Waals surface area contributed by atoms with Gasteiger partial charge in [0.1, 0.15) is 0 Å². The van der Waals surface area contributed by atoms with E-state index in [-0.39, 0.29) is 12.5 Å². The van der Waals surface area contributed by atoms with E-state index in [4.69, 9.17) is 5.11 Å². The minimum absolute atomic E-state index is 0.0384. The Hall–Kier alpha value is -2.42. The number of aliphatic imine (C=N–C) groups is 1. The summed E-state index contributed by atoms with van der Waals surface area (Å²) in [6.07, 6.45) is 10.1. The smallest absolute Gasteiger partial charge is 0.307 e. The quantitative estimate of drug-likeness (QED) is 0.917. The first-order valence-corrected chi connectivity index (χ1v) is 7.57. The van der Waals surface area contributed by atoms with E-state index < -0.39 is 5.97 Å². The number of carboxylic acids is 1. The highest BCUT2D eigenvalue weighted by atomic mass is 16.4. The zero-order valence-electron chi connectivity index (χ0n) is 12.6. The number of aliphatic carboxylic acids is 1. The molecule has 1 N–H and O–H groups in total. The van der Waals surface area contributed by atoms with E-state index in [0.717, 1.165) is 35.1 Å². The van der Waals surface area contributed by atoms with Gasteiger partial charge in [0.05, 0.1) is 12.5 Å². The van der Waals surface area contributed by atoms with Gasteiger partial charge in [-0.2, -0.15) is 0 Å². The van der Waals surface area contributed by atoms with Crippen molar-refractivity contribution in [3.8, 4) is 0 Å². The molecular weight excluding hydrogens is 274 g/mol. The molecule has 0 fully saturated rings. The Morgan fingerprint density at radius 3 is 2.82 bits per heavy atom. The number of carboxylic acid groups (broad SMARTS) is 1. The predicted octanol–water partition coefficient (Wildman–Crippen LogP) is 3.95. The Balaban J connectivity index is 2.03. The third-order valence-corrected chi connectivity index (χ3v) is 4.08. The van der Waals surface area contributed by atoms with Crippen molar-refractivity contribution >= 4 is 17.8 Å². The molecule has 1 aliphatic heterocycles. The number of carbonyl (C=O) groups is 1. The molecule has 0 aromatic heterocycles. The first kappa shape index (κ1) is 14.5. The second-order valence-electron chi connectivity index (χ2n) is 5.79. The summed E-state index contributed by atoms with van der Waals surface area (Å²) in [5.41, 5.74) is 5.39. The Morgan fingerprint density at radius 1 is 1.32 bits per heavy atom. The number of fused-ring (bicyclic) bond motifs is 1. The maximum absolute atomic E-state index is 11.0. The Kier molecular flexibility index (Phi) is 4.05. The largest absolute Gasteiger partial charge is 0.481 e. The molecule has 1 aromatic carbocycles. The molecule has 1 unspecified atom stereocenters. The summed E-state index contributed by atoms with van der Waals surface area (Å²) in [5, 5.41) is 9.07. The van der Waals surface area contributed by atoms with E-state index in [1.807, 2.05) is 0 Å². The highest BCUT2D eigenvalue weighted by Crippen LogP contribution is 2.31. The van der Waals surface area contributed by atoms with Crippen LogP contribution in [0.4, 0.5) is 0 Å². The van der Waals surface area contributed by atoms with Gasteiger partial charge >= 0.3 is 5.97 Å². The predicted molar refractivity (Wildman–Crippen MR) is 89.1 cm³/mol. The summed E-state index contributed by atoms with van der Waals surface area (Å²) in [7, 11) is 0. The Labute approximate surface area is 130 Å². The van der Waals surface area contributed by atoms with Gasteiger partial charge in [-0.05, 0) is 48.1 Å². The molecule has 112 valence electrons. The minimum atomic E-state index is -0.808. The van der Waals surface area contributed by atoms with Crippen molar-refractivity contribution in [3.05, 3.63) is 64.8 Å². The van der Waals surface area contributed by atoms with Crippen LogP contribution in [0.2, 0.25) is 0 Å². The molecule has 0 spiro atoms. The lowest BCUT2D eigenvalue weighted by Crippen LogP contribution is -2.07. The number of nitrogens with zero attached hydrogens (tertiary/aromatic N) is 1. The number of benzene rings is 1. The van der Waals surface area contributed by atoms with Crippen molar-refractivity contribution in [1.82, 2.24) is 0 Å². The summed E-state index contributed by atoms with van der Waals surface area (Å²) in [6, 6.07) is 8.50. The third kappa shape index (κ3) is 3.08. The van der Waals surface area contributed by atoms with Gasteiger partial charge in [-0.15, -0.1) is 0 Å². The molecule has 0 bridgehead atoms. The van der Waals surface area contributed by atoms with Gasteiger partial charge in [-0.1, -0.05) is 42.0 Å². The van der Waals surface area contributed by atoms with Crippen molar-refractivity contribution in [3.63, 3.8) is 0 Å². The fourth-order valence-electron chi connectivity index (χ4n) is 2.88. The first-order chi connectivity index (χ1) is 10.6. The summed E-state index contributed by atoms with van der Waals surface area (Å²) in [6.45, 7) is 2.07. The minimum Gasteiger partial charge on any atom is -0.481 e. The fourth-order valence-corrected chi connectivity index (χ4v) is 2.88. The van der Waals surface area contributed by atoms with Crippen molar-refractivity contribution in [2.75, 3.05) is 0 Å². The molecule has 0 saturated heterocycles. The number of hydrogen-bond acceptors (Lipinski definition) is 2. The van der Waals surface area contributed by atoms with E-state index in [2.05, 4.69) is 54.4 Å². The van der Waals surface area contributed by atoms with Crippen LogP contribution in [0, 0.1) is 6.92 Å². The zero-order valence-corrected chi connectivity index (χ0v) is 12.6. The molecule has 0 saturated carbocycles.